The van der Waals surface area contributed by atoms with Crippen molar-refractivity contribution >= 4 is 28.5 Å². The molecule has 6 heteroatoms. The summed E-state index contributed by atoms with van der Waals surface area (Å²) in [5.41, 5.74) is -0.393. The third-order valence-corrected chi connectivity index (χ3v) is 5.81. The Morgan fingerprint density at radius 2 is 2.12 bits per heavy atom. The highest BCUT2D eigenvalue weighted by molar-refractivity contribution is 14.1. The Kier molecular flexibility index (Phi) is 6.63. The van der Waals surface area contributed by atoms with Gasteiger partial charge in [-0.15, -0.1) is 0 Å². The summed E-state index contributed by atoms with van der Waals surface area (Å²) in [6, 6.07) is 0.809. The van der Waals surface area contributed by atoms with Crippen LogP contribution in [0.2, 0.25) is 0 Å². The van der Waals surface area contributed by atoms with Crippen LogP contribution in [0.15, 0.2) is 21.3 Å². The van der Waals surface area contributed by atoms with E-state index in [0.29, 0.717) is 13.0 Å². The van der Waals surface area contributed by atoms with Crippen LogP contribution in [0.1, 0.15) is 46.5 Å². The molecule has 2 aliphatic rings. The van der Waals surface area contributed by atoms with E-state index in [9.17, 15) is 18.8 Å². The summed E-state index contributed by atoms with van der Waals surface area (Å²) in [6.45, 7) is 5.95. The first kappa shape index (κ1) is 20.3. The van der Waals surface area contributed by atoms with Gasteiger partial charge in [0.1, 0.15) is 11.6 Å². The molecule has 0 saturated carbocycles. The largest absolute Gasteiger partial charge is 0.329 e. The second kappa shape index (κ2) is 8.15. The Labute approximate surface area is 162 Å². The minimum absolute atomic E-state index is 0.0320. The molecule has 1 saturated heterocycles. The summed E-state index contributed by atoms with van der Waals surface area (Å²) in [5, 5.41) is 9.37. The van der Waals surface area contributed by atoms with E-state index in [1.807, 2.05) is 26.8 Å². The molecule has 0 bridgehead atoms. The first-order valence-electron chi connectivity index (χ1n) is 8.70. The van der Waals surface area contributed by atoms with E-state index in [4.69, 9.17) is 0 Å². The fourth-order valence-corrected chi connectivity index (χ4v) is 4.70. The van der Waals surface area contributed by atoms with Crippen molar-refractivity contribution in [2.45, 2.75) is 58.9 Å². The third kappa shape index (κ3) is 5.02. The van der Waals surface area contributed by atoms with Gasteiger partial charge in [-0.05, 0) is 69.1 Å². The molecule has 0 aromatic carbocycles. The van der Waals surface area contributed by atoms with Crippen LogP contribution in [-0.4, -0.2) is 29.8 Å². The topological polar surface area (TPSA) is 44.1 Å². The van der Waals surface area contributed by atoms with Crippen LogP contribution in [-0.2, 0) is 4.79 Å². The Balaban J connectivity index is 2.34. The Hall–Kier alpha value is -0.970. The number of rotatable bonds is 2. The fraction of sp³-hybridized carbons (Fsp3) is 0.684. The van der Waals surface area contributed by atoms with Crippen molar-refractivity contribution in [3.05, 3.63) is 21.3 Å². The SMILES string of the molecule is CC(C)(C)/C=C(\C#N)C(=O)N1CCC2CCC=C(I)CC2C1C(F)F. The number of fused-ring (bicyclic) bond motifs is 1. The third-order valence-electron chi connectivity index (χ3n) is 4.93. The highest BCUT2D eigenvalue weighted by Gasteiger charge is 2.45. The summed E-state index contributed by atoms with van der Waals surface area (Å²) in [7, 11) is 0. The smallest absolute Gasteiger partial charge is 0.264 e. The van der Waals surface area contributed by atoms with Crippen molar-refractivity contribution in [1.82, 2.24) is 4.90 Å². The van der Waals surface area contributed by atoms with Gasteiger partial charge >= 0.3 is 0 Å². The summed E-state index contributed by atoms with van der Waals surface area (Å²) in [5.74, 6) is -0.578. The van der Waals surface area contributed by atoms with Gasteiger partial charge in [0.05, 0.1) is 6.04 Å². The number of hydrogen-bond donors (Lipinski definition) is 0. The van der Waals surface area contributed by atoms with Gasteiger partial charge < -0.3 is 4.90 Å². The van der Waals surface area contributed by atoms with Crippen molar-refractivity contribution in [3.63, 3.8) is 0 Å². The van der Waals surface area contributed by atoms with Gasteiger partial charge in [-0.2, -0.15) is 5.26 Å². The second-order valence-electron chi connectivity index (χ2n) is 8.00. The lowest BCUT2D eigenvalue weighted by atomic mass is 9.76. The van der Waals surface area contributed by atoms with E-state index < -0.39 is 18.4 Å². The molecule has 1 aliphatic heterocycles. The van der Waals surface area contributed by atoms with Crippen molar-refractivity contribution in [2.24, 2.45) is 17.3 Å². The van der Waals surface area contributed by atoms with Gasteiger partial charge in [-0.3, -0.25) is 4.79 Å². The normalized spacial score (nSPS) is 28.1. The number of carbonyl (C=O) groups is 1. The molecule has 25 heavy (non-hydrogen) atoms. The summed E-state index contributed by atoms with van der Waals surface area (Å²) >= 11 is 2.22. The van der Waals surface area contributed by atoms with Gasteiger partial charge in [0.25, 0.3) is 12.3 Å². The number of allylic oxidation sites excluding steroid dienone is 3. The molecule has 1 heterocycles. The maximum atomic E-state index is 13.9. The molecular formula is C19H25F2IN2O. The monoisotopic (exact) mass is 462 g/mol. The zero-order chi connectivity index (χ0) is 18.8. The number of likely N-dealkylation sites (tertiary alicyclic amines) is 1. The zero-order valence-electron chi connectivity index (χ0n) is 14.9. The summed E-state index contributed by atoms with van der Waals surface area (Å²) in [4.78, 5) is 14.1. The number of piperidine rings is 1. The summed E-state index contributed by atoms with van der Waals surface area (Å²) in [6.07, 6.45) is 4.23. The quantitative estimate of drug-likeness (QED) is 0.326. The van der Waals surface area contributed by atoms with Crippen LogP contribution in [0, 0.1) is 28.6 Å². The number of carbonyl (C=O) groups excluding carboxylic acids is 1. The molecule has 0 aromatic heterocycles. The van der Waals surface area contributed by atoms with Crippen LogP contribution in [0.4, 0.5) is 8.78 Å². The lowest BCUT2D eigenvalue weighted by Gasteiger charge is -2.45. The number of nitriles is 1. The Bertz CT molecular complexity index is 616. The van der Waals surface area contributed by atoms with E-state index in [0.717, 1.165) is 22.8 Å². The molecule has 0 aromatic rings. The van der Waals surface area contributed by atoms with Gasteiger partial charge in [0.2, 0.25) is 0 Å². The van der Waals surface area contributed by atoms with Crippen LogP contribution in [0.3, 0.4) is 0 Å². The van der Waals surface area contributed by atoms with Crippen molar-refractivity contribution in [3.8, 4) is 6.07 Å². The van der Waals surface area contributed by atoms with Gasteiger partial charge in [0, 0.05) is 6.54 Å². The first-order chi connectivity index (χ1) is 11.6. The fourth-order valence-electron chi connectivity index (χ4n) is 3.88. The molecule has 2 rings (SSSR count). The number of nitrogens with zero attached hydrogens (tertiary/aromatic N) is 2. The van der Waals surface area contributed by atoms with E-state index in [-0.39, 0.29) is 22.8 Å². The lowest BCUT2D eigenvalue weighted by Crippen LogP contribution is -2.55. The molecule has 0 spiro atoms. The number of hydrogen-bond acceptors (Lipinski definition) is 2. The molecule has 1 amide bonds. The van der Waals surface area contributed by atoms with Crippen LogP contribution >= 0.6 is 22.6 Å². The molecule has 138 valence electrons. The van der Waals surface area contributed by atoms with Gasteiger partial charge in [-0.1, -0.05) is 32.9 Å². The van der Waals surface area contributed by atoms with Crippen LogP contribution in [0.5, 0.6) is 0 Å². The lowest BCUT2D eigenvalue weighted by molar-refractivity contribution is -0.140. The van der Waals surface area contributed by atoms with Crippen molar-refractivity contribution in [2.75, 3.05) is 6.54 Å². The predicted octanol–water partition coefficient (Wildman–Crippen LogP) is 5.08. The molecule has 0 N–H and O–H groups in total. The van der Waals surface area contributed by atoms with Gasteiger partial charge in [-0.25, -0.2) is 8.78 Å². The molecule has 3 nitrogen and oxygen atoms in total. The number of alkyl halides is 2. The Morgan fingerprint density at radius 3 is 2.68 bits per heavy atom. The minimum atomic E-state index is -2.60. The van der Waals surface area contributed by atoms with E-state index >= 15 is 0 Å². The van der Waals surface area contributed by atoms with Crippen molar-refractivity contribution < 1.29 is 13.6 Å². The maximum absolute atomic E-state index is 13.9. The van der Waals surface area contributed by atoms with E-state index in [2.05, 4.69) is 28.7 Å². The second-order valence-corrected chi connectivity index (χ2v) is 9.39. The minimum Gasteiger partial charge on any atom is -0.329 e. The van der Waals surface area contributed by atoms with Crippen LogP contribution < -0.4 is 0 Å². The number of halogens is 3. The Morgan fingerprint density at radius 1 is 1.44 bits per heavy atom. The number of amides is 1. The molecule has 0 radical (unpaired) electrons. The van der Waals surface area contributed by atoms with Gasteiger partial charge in [0.15, 0.2) is 0 Å². The summed E-state index contributed by atoms with van der Waals surface area (Å²) < 4.78 is 29.0. The molecule has 3 unspecified atom stereocenters. The van der Waals surface area contributed by atoms with E-state index in [1.165, 1.54) is 4.90 Å². The first-order valence-corrected chi connectivity index (χ1v) is 9.78. The van der Waals surface area contributed by atoms with Crippen molar-refractivity contribution in [1.29, 1.82) is 5.26 Å². The molecule has 3 atom stereocenters. The highest BCUT2D eigenvalue weighted by atomic mass is 127. The standard InChI is InChI=1S/C19H25F2IN2O/c1-19(2,3)10-13(11-23)18(25)24-8-7-12-5-4-6-14(22)9-15(12)16(24)17(20)21/h6,10,12,15-17H,4-5,7-9H2,1-3H3/b13-10+. The molecular weight excluding hydrogens is 437 g/mol. The maximum Gasteiger partial charge on any atom is 0.264 e. The molecule has 1 aliphatic carbocycles. The van der Waals surface area contributed by atoms with E-state index in [1.54, 1.807) is 6.08 Å². The predicted molar refractivity (Wildman–Crippen MR) is 102 cm³/mol. The highest BCUT2D eigenvalue weighted by Crippen LogP contribution is 2.42. The average Bonchev–Trinajstić information content (AvgIpc) is 2.70. The average molecular weight is 462 g/mol. The molecule has 1 fully saturated rings. The zero-order valence-corrected chi connectivity index (χ0v) is 17.1. The van der Waals surface area contributed by atoms with Crippen LogP contribution in [0.25, 0.3) is 0 Å².